The van der Waals surface area contributed by atoms with Gasteiger partial charge in [0, 0.05) is 87.4 Å². The summed E-state index contributed by atoms with van der Waals surface area (Å²) in [4.78, 5) is 23.8. The monoisotopic (exact) mass is 2060 g/mol. The van der Waals surface area contributed by atoms with Crippen molar-refractivity contribution in [2.75, 3.05) is 12.4 Å². The van der Waals surface area contributed by atoms with Gasteiger partial charge in [0.2, 0.25) is 0 Å². The van der Waals surface area contributed by atoms with E-state index in [1.807, 2.05) is 194 Å². The second kappa shape index (κ2) is 42.1. The minimum Gasteiger partial charge on any atom is -0.748 e. The number of fused-ring (bicyclic) bond motifs is 15. The summed E-state index contributed by atoms with van der Waals surface area (Å²) < 4.78 is 271. The molecule has 143 heavy (non-hydrogen) atoms. The zero-order chi connectivity index (χ0) is 102. The molecule has 38 heteroatoms. The molecule has 20 rings (SSSR count). The van der Waals surface area contributed by atoms with Crippen molar-refractivity contribution >= 4 is 189 Å². The van der Waals surface area contributed by atoms with Gasteiger partial charge in [-0.15, -0.1) is 0 Å². The van der Waals surface area contributed by atoms with Crippen LogP contribution in [0.25, 0.3) is 165 Å². The summed E-state index contributed by atoms with van der Waals surface area (Å²) in [5.74, 6) is -4.07. The van der Waals surface area contributed by atoms with Crippen molar-refractivity contribution in [2.24, 2.45) is 0 Å². The Morgan fingerprint density at radius 2 is 0.399 bits per heavy atom. The van der Waals surface area contributed by atoms with E-state index in [-0.39, 0.29) is 13.0 Å². The Labute approximate surface area is 822 Å². The number of pyridine rings is 5. The number of benzene rings is 15. The van der Waals surface area contributed by atoms with Crippen molar-refractivity contribution in [3.8, 4) is 62.0 Å². The lowest BCUT2D eigenvalue weighted by atomic mass is 9.98. The van der Waals surface area contributed by atoms with Crippen molar-refractivity contribution in [3.63, 3.8) is 0 Å². The van der Waals surface area contributed by atoms with Crippen molar-refractivity contribution in [1.82, 2.24) is 24.9 Å². The summed E-state index contributed by atoms with van der Waals surface area (Å²) in [6, 6.07) is 103. The van der Waals surface area contributed by atoms with E-state index < -0.39 is 127 Å². The van der Waals surface area contributed by atoms with Gasteiger partial charge in [0.05, 0.1) is 184 Å². The van der Waals surface area contributed by atoms with E-state index in [1.54, 1.807) is 127 Å². The number of aromatic nitrogens is 5. The number of hydrogen-bond acceptors (Lipinski definition) is 30. The Morgan fingerprint density at radius 1 is 0.182 bits per heavy atom. The molecule has 5 heterocycles. The molecule has 0 saturated heterocycles. The Balaban J connectivity index is 0.000000129. The molecule has 0 bridgehead atoms. The smallest absolute Gasteiger partial charge is 0.119 e. The van der Waals surface area contributed by atoms with Gasteiger partial charge in [-0.05, 0) is 157 Å². The van der Waals surface area contributed by atoms with Gasteiger partial charge in [-0.1, -0.05) is 261 Å². The number of para-hydroxylation sites is 4. The topological polar surface area (TPSA) is 531 Å². The highest BCUT2D eigenvalue weighted by molar-refractivity contribution is 7.86. The van der Waals surface area contributed by atoms with E-state index in [2.05, 4.69) is 18.2 Å². The maximum Gasteiger partial charge on any atom is 0.119 e. The van der Waals surface area contributed by atoms with Gasteiger partial charge in [0.25, 0.3) is 0 Å². The SMILES string of the molecule is O=S(=O)([O-])CCCOc1ccc(-c2nc3ccccc3c3ccccc23)cc1.O=S(=O)([O-])Cc1ccc(-c2nc3ccccc3c3cc(CS(=O)(=O)[O-])ccc23)cc1.O=S(=O)([O-])Cc1ccc(-c2nc3ccccc3c3ccc(CS(=O)(=O)[O-])cc23)cc1.O=S(=O)([O-])Cc1ccc2c(-c3ccccc3)nc3ccccc3c2c1.O=S(=O)([O-])Cc1ccc2nc(-c3ccccc3)c3ccc(CS(=O)(=O)[O-])cc3c2c1. The first-order valence-electron chi connectivity index (χ1n) is 43.4. The van der Waals surface area contributed by atoms with Crippen LogP contribution < -0.4 is 4.74 Å². The molecule has 0 unspecified atom stereocenters. The van der Waals surface area contributed by atoms with Crippen LogP contribution >= 0.6 is 0 Å². The molecule has 0 radical (unpaired) electrons. The molecule has 0 aliphatic heterocycles. The molecule has 0 aliphatic carbocycles. The van der Waals surface area contributed by atoms with Crippen molar-refractivity contribution in [1.29, 1.82) is 0 Å². The second-order valence-corrected chi connectivity index (χ2v) is 44.7. The number of nitrogens with zero attached hydrogens (tertiary/aromatic N) is 5. The van der Waals surface area contributed by atoms with Gasteiger partial charge in [0.1, 0.15) is 5.75 Å². The van der Waals surface area contributed by atoms with E-state index in [0.717, 1.165) is 104 Å². The highest BCUT2D eigenvalue weighted by Gasteiger charge is 2.21. The average molecular weight is 2070 g/mol. The molecule has 15 aromatic carbocycles. The van der Waals surface area contributed by atoms with Crippen molar-refractivity contribution in [3.05, 3.63) is 385 Å². The molecule has 30 nitrogen and oxygen atoms in total. The maximum absolute atomic E-state index is 11.2. The fraction of sp³-hybridized carbons (Fsp3) is 0.0952. The lowest BCUT2D eigenvalue weighted by Gasteiger charge is -2.14. The second-order valence-electron chi connectivity index (χ2n) is 33.3. The molecule has 0 amide bonds. The predicted octanol–water partition coefficient (Wildman–Crippen LogP) is 17.9. The number of hydrogen-bond donors (Lipinski definition) is 0. The summed E-state index contributed by atoms with van der Waals surface area (Å²) >= 11 is 0. The Hall–Kier alpha value is -14.3. The van der Waals surface area contributed by atoms with Crippen molar-refractivity contribution in [2.45, 2.75) is 46.7 Å². The summed E-state index contributed by atoms with van der Waals surface area (Å²) in [6.07, 6.45) is 0.171. The van der Waals surface area contributed by atoms with E-state index in [1.165, 1.54) is 6.07 Å². The van der Waals surface area contributed by atoms with Crippen LogP contribution in [0.1, 0.15) is 45.4 Å². The first-order chi connectivity index (χ1) is 67.8. The molecule has 0 spiro atoms. The van der Waals surface area contributed by atoms with Crippen LogP contribution in [0.5, 0.6) is 5.75 Å². The molecule has 5 aromatic heterocycles. The van der Waals surface area contributed by atoms with Crippen LogP contribution in [-0.2, 0) is 121 Å². The summed E-state index contributed by atoms with van der Waals surface area (Å²) in [7, 11) is -35.1. The summed E-state index contributed by atoms with van der Waals surface area (Å²) in [5, 5.41) is 12.7. The third-order valence-corrected chi connectivity index (χ3v) is 28.3. The van der Waals surface area contributed by atoms with Gasteiger partial charge < -0.3 is 41.2 Å². The predicted molar refractivity (Wildman–Crippen MR) is 542 cm³/mol. The fourth-order valence-corrected chi connectivity index (χ4v) is 21.4. The quantitative estimate of drug-likeness (QED) is 0.0308. The molecular weight excluding hydrogens is 1990 g/mol. The number of ether oxygens (including phenoxy) is 1. The Bertz CT molecular complexity index is 9370. The minimum atomic E-state index is -4.48. The van der Waals surface area contributed by atoms with Crippen LogP contribution in [0.15, 0.2) is 346 Å². The Kier molecular flexibility index (Phi) is 29.9. The van der Waals surface area contributed by atoms with Crippen molar-refractivity contribution < 1.29 is 109 Å². The number of rotatable bonds is 24. The lowest BCUT2D eigenvalue weighted by molar-refractivity contribution is 0.315. The molecule has 0 N–H and O–H groups in total. The van der Waals surface area contributed by atoms with Gasteiger partial charge in [-0.2, -0.15) is 0 Å². The molecule has 0 saturated carbocycles. The van der Waals surface area contributed by atoms with Crippen LogP contribution in [0.2, 0.25) is 0 Å². The minimum absolute atomic E-state index is 0.171. The van der Waals surface area contributed by atoms with E-state index in [9.17, 15) is 104 Å². The van der Waals surface area contributed by atoms with E-state index in [4.69, 9.17) is 29.7 Å². The standard InChI is InChI=1S/C22H19NO4S.3C21H17NO6S2.C20H15NO3S/c24-28(25,26)15-5-14-27-17-12-10-16(11-13-17)22-20-8-2-1-6-18(20)19-7-3-4-9-21(19)23-22;23-29(24,25)12-14-5-8-16(9-6-14)21-19-11-15(13-30(26,27)28)7-10-17(19)18-3-1-2-4-20(18)22-21;23-29(24,25)12-14-5-8-16(9-6-14)21-18-10-7-15(13-30(26,27)28)11-19(18)17-3-1-2-4-20(17)22-21;23-29(24,25)12-14-6-8-17-18(10-14)19-11-15(13-30(26,27)28)7-9-20(19)22-21(17)16-4-2-1-3-5-16;22-25(23,24)13-14-10-11-17-18(12-14)16-8-4-5-9-19(16)21-20(17)15-6-2-1-3-7-15/h1-4,6-13H,5,14-15H2,(H,24,25,26);3*1-11H,12-13H2,(H,23,24,25)(H,26,27,28);1-12H,13H2,(H,22,23,24)/p-8. The normalized spacial score (nSPS) is 12.2. The molecular formula is C105H77N5O25S8-8. The largest absolute Gasteiger partial charge is 0.748 e. The molecule has 0 atom stereocenters. The maximum atomic E-state index is 11.2. The molecule has 0 fully saturated rings. The first-order valence-corrected chi connectivity index (χ1v) is 56.0. The molecule has 728 valence electrons. The third-order valence-electron chi connectivity index (χ3n) is 22.7. The van der Waals surface area contributed by atoms with E-state index >= 15 is 0 Å². The first kappa shape index (κ1) is 102. The van der Waals surface area contributed by atoms with Crippen LogP contribution in [0.4, 0.5) is 0 Å². The highest BCUT2D eigenvalue weighted by Crippen LogP contribution is 2.41. The van der Waals surface area contributed by atoms with Gasteiger partial charge in [-0.25, -0.2) is 92.3 Å². The highest BCUT2D eigenvalue weighted by atomic mass is 32.2. The van der Waals surface area contributed by atoms with Crippen LogP contribution in [-0.4, -0.2) is 141 Å². The van der Waals surface area contributed by atoms with Gasteiger partial charge in [-0.3, -0.25) is 0 Å². The zero-order valence-corrected chi connectivity index (χ0v) is 81.2. The van der Waals surface area contributed by atoms with E-state index in [0.29, 0.717) is 105 Å². The Morgan fingerprint density at radius 3 is 0.727 bits per heavy atom. The fourth-order valence-electron chi connectivity index (χ4n) is 16.8. The zero-order valence-electron chi connectivity index (χ0n) is 74.7. The lowest BCUT2D eigenvalue weighted by Crippen LogP contribution is -2.08. The van der Waals surface area contributed by atoms with Crippen LogP contribution in [0.3, 0.4) is 0 Å². The molecule has 0 aliphatic rings. The average Bonchev–Trinajstić information content (AvgIpc) is 0.770. The van der Waals surface area contributed by atoms with Crippen LogP contribution in [0, 0.1) is 0 Å². The molecule has 20 aromatic rings. The summed E-state index contributed by atoms with van der Waals surface area (Å²) in [5.41, 5.74) is 14.1. The van der Waals surface area contributed by atoms with Gasteiger partial charge >= 0.3 is 0 Å². The summed E-state index contributed by atoms with van der Waals surface area (Å²) in [6.45, 7) is 0.179. The van der Waals surface area contributed by atoms with Gasteiger partial charge in [0.15, 0.2) is 0 Å². The third kappa shape index (κ3) is 26.8.